The van der Waals surface area contributed by atoms with E-state index in [1.54, 1.807) is 6.20 Å². The Morgan fingerprint density at radius 3 is 2.57 bits per heavy atom. The van der Waals surface area contributed by atoms with Crippen LogP contribution in [0.5, 0.6) is 0 Å². The van der Waals surface area contributed by atoms with Crippen LogP contribution >= 0.6 is 0 Å². The van der Waals surface area contributed by atoms with Crippen LogP contribution < -0.4 is 5.32 Å². The van der Waals surface area contributed by atoms with E-state index in [2.05, 4.69) is 22.4 Å². The van der Waals surface area contributed by atoms with Crippen molar-refractivity contribution in [3.8, 4) is 0 Å². The summed E-state index contributed by atoms with van der Waals surface area (Å²) in [5.41, 5.74) is 2.58. The molecule has 0 bridgehead atoms. The van der Waals surface area contributed by atoms with E-state index in [1.807, 2.05) is 48.5 Å². The first kappa shape index (κ1) is 13.9. The number of aromatic nitrogens is 1. The number of benzene rings is 2. The summed E-state index contributed by atoms with van der Waals surface area (Å²) in [5.74, 6) is 0.499. The van der Waals surface area contributed by atoms with Crippen LogP contribution in [0.25, 0.3) is 10.9 Å². The number of para-hydroxylation sites is 1. The standard InChI is InChI=1S/C20H18N2O/c23-20(17-10-4-8-15-9-5-13-21-19(15)17)22-18(16-11-12-16)14-6-2-1-3-7-14/h1-10,13,16,18H,11-12H2,(H,22,23). The van der Waals surface area contributed by atoms with E-state index >= 15 is 0 Å². The number of carbonyl (C=O) groups excluding carboxylic acids is 1. The predicted octanol–water partition coefficient (Wildman–Crippen LogP) is 4.12. The Hall–Kier alpha value is -2.68. The van der Waals surface area contributed by atoms with Gasteiger partial charge in [-0.2, -0.15) is 0 Å². The quantitative estimate of drug-likeness (QED) is 0.788. The number of nitrogens with one attached hydrogen (secondary N) is 1. The van der Waals surface area contributed by atoms with Crippen LogP contribution in [-0.4, -0.2) is 10.9 Å². The van der Waals surface area contributed by atoms with Crippen molar-refractivity contribution in [2.75, 3.05) is 0 Å². The molecule has 3 aromatic rings. The summed E-state index contributed by atoms with van der Waals surface area (Å²) >= 11 is 0. The van der Waals surface area contributed by atoms with Crippen molar-refractivity contribution in [1.82, 2.24) is 10.3 Å². The fourth-order valence-corrected chi connectivity index (χ4v) is 3.07. The van der Waals surface area contributed by atoms with Gasteiger partial charge in [0, 0.05) is 11.6 Å². The molecule has 1 aliphatic carbocycles. The molecule has 1 amide bonds. The second-order valence-electron chi connectivity index (χ2n) is 6.08. The highest BCUT2D eigenvalue weighted by atomic mass is 16.1. The molecular formula is C20H18N2O. The molecule has 0 aliphatic heterocycles. The normalized spacial score (nSPS) is 15.3. The zero-order valence-electron chi connectivity index (χ0n) is 12.8. The van der Waals surface area contributed by atoms with Crippen LogP contribution in [0.15, 0.2) is 66.9 Å². The maximum atomic E-state index is 12.8. The van der Waals surface area contributed by atoms with Crippen molar-refractivity contribution in [1.29, 1.82) is 0 Å². The minimum Gasteiger partial charge on any atom is -0.345 e. The second-order valence-corrected chi connectivity index (χ2v) is 6.08. The molecule has 23 heavy (non-hydrogen) atoms. The van der Waals surface area contributed by atoms with E-state index in [0.717, 1.165) is 10.9 Å². The number of hydrogen-bond acceptors (Lipinski definition) is 2. The summed E-state index contributed by atoms with van der Waals surface area (Å²) in [7, 11) is 0. The Morgan fingerprint density at radius 1 is 1.00 bits per heavy atom. The van der Waals surface area contributed by atoms with Gasteiger partial charge in [-0.25, -0.2) is 0 Å². The van der Waals surface area contributed by atoms with Crippen molar-refractivity contribution in [3.63, 3.8) is 0 Å². The lowest BCUT2D eigenvalue weighted by molar-refractivity contribution is 0.0933. The molecular weight excluding hydrogens is 284 g/mol. The van der Waals surface area contributed by atoms with Gasteiger partial charge in [0.1, 0.15) is 0 Å². The number of rotatable bonds is 4. The van der Waals surface area contributed by atoms with Crippen LogP contribution in [-0.2, 0) is 0 Å². The Bertz CT molecular complexity index is 835. The summed E-state index contributed by atoms with van der Waals surface area (Å²) in [4.78, 5) is 17.2. The van der Waals surface area contributed by atoms with Gasteiger partial charge in [0.2, 0.25) is 0 Å². The molecule has 1 saturated carbocycles. The first-order valence-electron chi connectivity index (χ1n) is 8.02. The molecule has 1 atom stereocenters. The van der Waals surface area contributed by atoms with Crippen LogP contribution in [0.3, 0.4) is 0 Å². The monoisotopic (exact) mass is 302 g/mol. The lowest BCUT2D eigenvalue weighted by Gasteiger charge is -2.19. The van der Waals surface area contributed by atoms with E-state index in [9.17, 15) is 4.79 Å². The number of carbonyl (C=O) groups is 1. The second kappa shape index (κ2) is 5.84. The third-order valence-electron chi connectivity index (χ3n) is 4.42. The third-order valence-corrected chi connectivity index (χ3v) is 4.42. The predicted molar refractivity (Wildman–Crippen MR) is 91.1 cm³/mol. The van der Waals surface area contributed by atoms with Crippen LogP contribution in [0, 0.1) is 5.92 Å². The van der Waals surface area contributed by atoms with E-state index in [0.29, 0.717) is 11.5 Å². The molecule has 1 N–H and O–H groups in total. The molecule has 0 radical (unpaired) electrons. The minimum absolute atomic E-state index is 0.0462. The molecule has 0 spiro atoms. The summed E-state index contributed by atoms with van der Waals surface area (Å²) in [6.07, 6.45) is 4.08. The van der Waals surface area contributed by atoms with Gasteiger partial charge in [0.05, 0.1) is 17.1 Å². The summed E-state index contributed by atoms with van der Waals surface area (Å²) in [5, 5.41) is 4.21. The van der Waals surface area contributed by atoms with Crippen molar-refractivity contribution >= 4 is 16.8 Å². The van der Waals surface area contributed by atoms with E-state index in [-0.39, 0.29) is 11.9 Å². The van der Waals surface area contributed by atoms with Gasteiger partial charge in [-0.05, 0) is 36.5 Å². The molecule has 114 valence electrons. The van der Waals surface area contributed by atoms with Crippen LogP contribution in [0.4, 0.5) is 0 Å². The fourth-order valence-electron chi connectivity index (χ4n) is 3.07. The molecule has 1 unspecified atom stereocenters. The van der Waals surface area contributed by atoms with Gasteiger partial charge in [0.25, 0.3) is 5.91 Å². The Kier molecular flexibility index (Phi) is 3.54. The third kappa shape index (κ3) is 2.82. The largest absolute Gasteiger partial charge is 0.345 e. The zero-order valence-corrected chi connectivity index (χ0v) is 12.8. The van der Waals surface area contributed by atoms with Crippen molar-refractivity contribution in [3.05, 3.63) is 78.0 Å². The Labute approximate surface area is 135 Å². The first-order valence-corrected chi connectivity index (χ1v) is 8.02. The van der Waals surface area contributed by atoms with Crippen LogP contribution in [0.1, 0.15) is 34.8 Å². The smallest absolute Gasteiger partial charge is 0.253 e. The molecule has 2 aromatic carbocycles. The number of fused-ring (bicyclic) bond motifs is 1. The highest BCUT2D eigenvalue weighted by molar-refractivity contribution is 6.05. The maximum Gasteiger partial charge on any atom is 0.253 e. The van der Waals surface area contributed by atoms with E-state index in [1.165, 1.54) is 18.4 Å². The number of hydrogen-bond donors (Lipinski definition) is 1. The molecule has 1 heterocycles. The van der Waals surface area contributed by atoms with Gasteiger partial charge in [-0.3, -0.25) is 9.78 Å². The van der Waals surface area contributed by atoms with Crippen molar-refractivity contribution in [2.45, 2.75) is 18.9 Å². The van der Waals surface area contributed by atoms with Gasteiger partial charge < -0.3 is 5.32 Å². The molecule has 3 heteroatoms. The van der Waals surface area contributed by atoms with Gasteiger partial charge in [-0.15, -0.1) is 0 Å². The van der Waals surface area contributed by atoms with Gasteiger partial charge >= 0.3 is 0 Å². The van der Waals surface area contributed by atoms with Gasteiger partial charge in [-0.1, -0.05) is 48.5 Å². The maximum absolute atomic E-state index is 12.8. The molecule has 1 aromatic heterocycles. The number of nitrogens with zero attached hydrogens (tertiary/aromatic N) is 1. The minimum atomic E-state index is -0.0462. The van der Waals surface area contributed by atoms with E-state index in [4.69, 9.17) is 0 Å². The number of amides is 1. The first-order chi connectivity index (χ1) is 11.3. The molecule has 3 nitrogen and oxygen atoms in total. The molecule has 0 saturated heterocycles. The molecule has 1 aliphatic rings. The van der Waals surface area contributed by atoms with Crippen molar-refractivity contribution < 1.29 is 4.79 Å². The van der Waals surface area contributed by atoms with Gasteiger partial charge in [0.15, 0.2) is 0 Å². The average molecular weight is 302 g/mol. The molecule has 4 rings (SSSR count). The van der Waals surface area contributed by atoms with Crippen molar-refractivity contribution in [2.24, 2.45) is 5.92 Å². The molecule has 1 fully saturated rings. The topological polar surface area (TPSA) is 42.0 Å². The zero-order chi connectivity index (χ0) is 15.6. The van der Waals surface area contributed by atoms with E-state index < -0.39 is 0 Å². The summed E-state index contributed by atoms with van der Waals surface area (Å²) in [6.45, 7) is 0. The average Bonchev–Trinajstić information content (AvgIpc) is 3.44. The Balaban J connectivity index is 1.65. The highest BCUT2D eigenvalue weighted by Crippen LogP contribution is 2.41. The SMILES string of the molecule is O=C(NC(c1ccccc1)C1CC1)c1cccc2cccnc12. The van der Waals surface area contributed by atoms with Crippen LogP contribution in [0.2, 0.25) is 0 Å². The lowest BCUT2D eigenvalue weighted by atomic mass is 10.0. The summed E-state index contributed by atoms with van der Waals surface area (Å²) < 4.78 is 0. The fraction of sp³-hybridized carbons (Fsp3) is 0.200. The number of pyridine rings is 1. The Morgan fingerprint density at radius 2 is 1.78 bits per heavy atom. The lowest BCUT2D eigenvalue weighted by Crippen LogP contribution is -2.30. The highest BCUT2D eigenvalue weighted by Gasteiger charge is 2.33. The summed E-state index contributed by atoms with van der Waals surface area (Å²) in [6, 6.07) is 19.9.